The van der Waals surface area contributed by atoms with Crippen LogP contribution in [0.1, 0.15) is 44.0 Å². The molecule has 0 aliphatic rings. The van der Waals surface area contributed by atoms with Gasteiger partial charge < -0.3 is 14.6 Å². The number of carboxylic acids is 1. The number of carbonyl (C=O) groups is 1. The average molecular weight is 266 g/mol. The number of hydrogen-bond donors (Lipinski definition) is 1. The first-order valence-electron chi connectivity index (χ1n) is 6.67. The summed E-state index contributed by atoms with van der Waals surface area (Å²) < 4.78 is 11.1. The predicted molar refractivity (Wildman–Crippen MR) is 74.1 cm³/mol. The van der Waals surface area contributed by atoms with Gasteiger partial charge in [-0.2, -0.15) is 0 Å². The van der Waals surface area contributed by atoms with Crippen LogP contribution >= 0.6 is 0 Å². The molecule has 0 aliphatic heterocycles. The lowest BCUT2D eigenvalue weighted by Gasteiger charge is -2.12. The molecule has 0 saturated carbocycles. The summed E-state index contributed by atoms with van der Waals surface area (Å²) in [6, 6.07) is 4.84. The maximum absolute atomic E-state index is 11.1. The standard InChI is InChI=1S/C15H22O4/c1-4-8-18-12-5-6-13(15(16)17)14(10-12)19-9-7-11(2)3/h5-6,10-11H,4,7-9H2,1-3H3,(H,16,17). The molecule has 1 aromatic rings. The van der Waals surface area contributed by atoms with E-state index in [9.17, 15) is 4.79 Å². The van der Waals surface area contributed by atoms with Crippen LogP contribution in [0.5, 0.6) is 11.5 Å². The molecule has 0 spiro atoms. The van der Waals surface area contributed by atoms with Gasteiger partial charge in [-0.05, 0) is 30.9 Å². The lowest BCUT2D eigenvalue weighted by atomic mass is 10.1. The number of rotatable bonds is 8. The summed E-state index contributed by atoms with van der Waals surface area (Å²) in [5.74, 6) is 0.558. The summed E-state index contributed by atoms with van der Waals surface area (Å²) in [7, 11) is 0. The van der Waals surface area contributed by atoms with Crippen molar-refractivity contribution < 1.29 is 19.4 Å². The Balaban J connectivity index is 2.79. The van der Waals surface area contributed by atoms with Crippen LogP contribution in [0.3, 0.4) is 0 Å². The van der Waals surface area contributed by atoms with Gasteiger partial charge in [0.2, 0.25) is 0 Å². The van der Waals surface area contributed by atoms with Gasteiger partial charge in [-0.15, -0.1) is 0 Å². The van der Waals surface area contributed by atoms with E-state index in [2.05, 4.69) is 13.8 Å². The molecule has 0 heterocycles. The molecule has 1 rings (SSSR count). The zero-order valence-corrected chi connectivity index (χ0v) is 11.8. The van der Waals surface area contributed by atoms with E-state index < -0.39 is 5.97 Å². The van der Waals surface area contributed by atoms with E-state index in [0.29, 0.717) is 30.6 Å². The second-order valence-electron chi connectivity index (χ2n) is 4.84. The van der Waals surface area contributed by atoms with Crippen LogP contribution < -0.4 is 9.47 Å². The maximum Gasteiger partial charge on any atom is 0.339 e. The van der Waals surface area contributed by atoms with Crippen LogP contribution in [0.15, 0.2) is 18.2 Å². The fourth-order valence-electron chi connectivity index (χ4n) is 1.51. The highest BCUT2D eigenvalue weighted by atomic mass is 16.5. The zero-order valence-electron chi connectivity index (χ0n) is 11.8. The van der Waals surface area contributed by atoms with Crippen molar-refractivity contribution in [3.8, 4) is 11.5 Å². The molecule has 0 aliphatic carbocycles. The van der Waals surface area contributed by atoms with E-state index >= 15 is 0 Å². The highest BCUT2D eigenvalue weighted by Crippen LogP contribution is 2.25. The van der Waals surface area contributed by atoms with Gasteiger partial charge in [-0.3, -0.25) is 0 Å². The minimum atomic E-state index is -0.985. The lowest BCUT2D eigenvalue weighted by molar-refractivity contribution is 0.0692. The van der Waals surface area contributed by atoms with Gasteiger partial charge in [0.25, 0.3) is 0 Å². The number of ether oxygens (including phenoxy) is 2. The fraction of sp³-hybridized carbons (Fsp3) is 0.533. The van der Waals surface area contributed by atoms with Crippen molar-refractivity contribution in [2.75, 3.05) is 13.2 Å². The predicted octanol–water partition coefficient (Wildman–Crippen LogP) is 3.60. The summed E-state index contributed by atoms with van der Waals surface area (Å²) in [6.07, 6.45) is 1.79. The Kier molecular flexibility index (Phi) is 6.19. The summed E-state index contributed by atoms with van der Waals surface area (Å²) in [5.41, 5.74) is 0.174. The second kappa shape index (κ2) is 7.67. The smallest absolute Gasteiger partial charge is 0.339 e. The Morgan fingerprint density at radius 2 is 2.00 bits per heavy atom. The molecule has 0 unspecified atom stereocenters. The quantitative estimate of drug-likeness (QED) is 0.781. The molecule has 19 heavy (non-hydrogen) atoms. The molecule has 0 radical (unpaired) electrons. The van der Waals surface area contributed by atoms with Gasteiger partial charge in [-0.1, -0.05) is 20.8 Å². The normalized spacial score (nSPS) is 10.5. The highest BCUT2D eigenvalue weighted by Gasteiger charge is 2.12. The molecule has 0 saturated heterocycles. The Bertz CT molecular complexity index is 413. The minimum absolute atomic E-state index is 0.174. The largest absolute Gasteiger partial charge is 0.493 e. The van der Waals surface area contributed by atoms with Crippen LogP contribution in [0, 0.1) is 5.92 Å². The number of carboxylic acid groups (broad SMARTS) is 1. The van der Waals surface area contributed by atoms with E-state index in [0.717, 1.165) is 12.8 Å². The molecular weight excluding hydrogens is 244 g/mol. The molecule has 0 amide bonds. The molecule has 0 aromatic heterocycles. The SMILES string of the molecule is CCCOc1ccc(C(=O)O)c(OCCC(C)C)c1. The van der Waals surface area contributed by atoms with Crippen LogP contribution in [-0.4, -0.2) is 24.3 Å². The van der Waals surface area contributed by atoms with Gasteiger partial charge in [0.1, 0.15) is 17.1 Å². The molecule has 1 aromatic carbocycles. The average Bonchev–Trinajstić information content (AvgIpc) is 2.35. The summed E-state index contributed by atoms with van der Waals surface area (Å²) >= 11 is 0. The van der Waals surface area contributed by atoms with Crippen molar-refractivity contribution in [1.82, 2.24) is 0 Å². The zero-order chi connectivity index (χ0) is 14.3. The molecule has 0 fully saturated rings. The third-order valence-electron chi connectivity index (χ3n) is 2.61. The number of aromatic carboxylic acids is 1. The minimum Gasteiger partial charge on any atom is -0.493 e. The van der Waals surface area contributed by atoms with Crippen molar-refractivity contribution in [2.45, 2.75) is 33.6 Å². The van der Waals surface area contributed by atoms with Crippen LogP contribution in [0.2, 0.25) is 0 Å². The van der Waals surface area contributed by atoms with Crippen molar-refractivity contribution >= 4 is 5.97 Å². The fourth-order valence-corrected chi connectivity index (χ4v) is 1.51. The van der Waals surface area contributed by atoms with Crippen molar-refractivity contribution in [2.24, 2.45) is 5.92 Å². The Hall–Kier alpha value is -1.71. The van der Waals surface area contributed by atoms with E-state index in [1.807, 2.05) is 6.92 Å². The molecule has 4 heteroatoms. The van der Waals surface area contributed by atoms with Crippen LogP contribution in [0.4, 0.5) is 0 Å². The van der Waals surface area contributed by atoms with Crippen molar-refractivity contribution in [1.29, 1.82) is 0 Å². The van der Waals surface area contributed by atoms with Gasteiger partial charge in [0.05, 0.1) is 13.2 Å². The summed E-state index contributed by atoms with van der Waals surface area (Å²) in [5, 5.41) is 9.12. The van der Waals surface area contributed by atoms with Crippen LogP contribution in [-0.2, 0) is 0 Å². The first-order valence-corrected chi connectivity index (χ1v) is 6.67. The molecule has 0 atom stereocenters. The molecule has 4 nitrogen and oxygen atoms in total. The summed E-state index contributed by atoms with van der Waals surface area (Å²) in [6.45, 7) is 7.34. The van der Waals surface area contributed by atoms with Gasteiger partial charge >= 0.3 is 5.97 Å². The van der Waals surface area contributed by atoms with E-state index in [4.69, 9.17) is 14.6 Å². The van der Waals surface area contributed by atoms with Gasteiger partial charge in [0.15, 0.2) is 0 Å². The van der Waals surface area contributed by atoms with Crippen LogP contribution in [0.25, 0.3) is 0 Å². The Morgan fingerprint density at radius 1 is 1.26 bits per heavy atom. The maximum atomic E-state index is 11.1. The van der Waals surface area contributed by atoms with E-state index in [-0.39, 0.29) is 5.56 Å². The topological polar surface area (TPSA) is 55.8 Å². The van der Waals surface area contributed by atoms with Crippen molar-refractivity contribution in [3.63, 3.8) is 0 Å². The number of benzene rings is 1. The van der Waals surface area contributed by atoms with E-state index in [1.165, 1.54) is 6.07 Å². The molecule has 106 valence electrons. The molecule has 1 N–H and O–H groups in total. The van der Waals surface area contributed by atoms with Gasteiger partial charge in [-0.25, -0.2) is 4.79 Å². The first-order chi connectivity index (χ1) is 9.04. The molecular formula is C15H22O4. The second-order valence-corrected chi connectivity index (χ2v) is 4.84. The Labute approximate surface area is 114 Å². The lowest BCUT2D eigenvalue weighted by Crippen LogP contribution is -2.07. The first kappa shape index (κ1) is 15.3. The Morgan fingerprint density at radius 3 is 2.58 bits per heavy atom. The third-order valence-corrected chi connectivity index (χ3v) is 2.61. The summed E-state index contributed by atoms with van der Waals surface area (Å²) in [4.78, 5) is 11.1. The van der Waals surface area contributed by atoms with Crippen molar-refractivity contribution in [3.05, 3.63) is 23.8 Å². The number of hydrogen-bond acceptors (Lipinski definition) is 3. The molecule has 0 bridgehead atoms. The highest BCUT2D eigenvalue weighted by molar-refractivity contribution is 5.91. The monoisotopic (exact) mass is 266 g/mol. The third kappa shape index (κ3) is 5.20. The van der Waals surface area contributed by atoms with E-state index in [1.54, 1.807) is 12.1 Å². The van der Waals surface area contributed by atoms with Gasteiger partial charge in [0, 0.05) is 6.07 Å².